The van der Waals surface area contributed by atoms with Gasteiger partial charge in [0.2, 0.25) is 0 Å². The molecule has 1 aliphatic carbocycles. The molecular formula is C11H10ClFO3. The second-order valence-corrected chi connectivity index (χ2v) is 4.24. The van der Waals surface area contributed by atoms with Gasteiger partial charge >= 0.3 is 5.97 Å². The first-order valence-corrected chi connectivity index (χ1v) is 5.16. The summed E-state index contributed by atoms with van der Waals surface area (Å²) in [7, 11) is 1.40. The Bertz CT molecular complexity index is 455. The molecule has 0 radical (unpaired) electrons. The van der Waals surface area contributed by atoms with E-state index in [1.165, 1.54) is 13.2 Å². The van der Waals surface area contributed by atoms with Crippen molar-refractivity contribution in [2.75, 3.05) is 7.11 Å². The van der Waals surface area contributed by atoms with E-state index in [4.69, 9.17) is 21.4 Å². The molecule has 2 rings (SSSR count). The van der Waals surface area contributed by atoms with Crippen molar-refractivity contribution in [1.82, 2.24) is 0 Å². The van der Waals surface area contributed by atoms with E-state index in [2.05, 4.69) is 0 Å². The molecule has 0 aliphatic heterocycles. The molecule has 1 aromatic rings. The Hall–Kier alpha value is -1.29. The second kappa shape index (κ2) is 3.63. The highest BCUT2D eigenvalue weighted by Gasteiger charge is 2.53. The molecule has 1 saturated carbocycles. The molecule has 1 aromatic carbocycles. The van der Waals surface area contributed by atoms with Gasteiger partial charge in [0.05, 0.1) is 17.5 Å². The Kier molecular flexibility index (Phi) is 2.54. The predicted molar refractivity (Wildman–Crippen MR) is 56.5 cm³/mol. The van der Waals surface area contributed by atoms with E-state index >= 15 is 0 Å². The molecule has 1 fully saturated rings. The smallest absolute Gasteiger partial charge is 0.314 e. The first-order valence-electron chi connectivity index (χ1n) is 4.78. The van der Waals surface area contributed by atoms with Crippen LogP contribution in [0.4, 0.5) is 4.39 Å². The van der Waals surface area contributed by atoms with E-state index in [0.29, 0.717) is 18.4 Å². The zero-order valence-electron chi connectivity index (χ0n) is 8.59. The van der Waals surface area contributed by atoms with Crippen molar-refractivity contribution in [3.63, 3.8) is 0 Å². The Morgan fingerprint density at radius 3 is 2.62 bits per heavy atom. The van der Waals surface area contributed by atoms with Gasteiger partial charge in [0.1, 0.15) is 11.6 Å². The third kappa shape index (κ3) is 1.53. The van der Waals surface area contributed by atoms with Crippen LogP contribution in [0.2, 0.25) is 5.02 Å². The van der Waals surface area contributed by atoms with Crippen LogP contribution in [0, 0.1) is 5.82 Å². The standard InChI is InChI=1S/C11H10ClFO3/c1-16-6-4-7(9(12)8(13)5-6)11(2-3-11)10(14)15/h4-5H,2-3H2,1H3,(H,14,15). The van der Waals surface area contributed by atoms with Gasteiger partial charge in [0.25, 0.3) is 0 Å². The van der Waals surface area contributed by atoms with Crippen LogP contribution in [0.15, 0.2) is 12.1 Å². The van der Waals surface area contributed by atoms with E-state index < -0.39 is 17.2 Å². The summed E-state index contributed by atoms with van der Waals surface area (Å²) in [5, 5.41) is 8.99. The molecule has 0 heterocycles. The van der Waals surface area contributed by atoms with Gasteiger partial charge in [0, 0.05) is 6.07 Å². The van der Waals surface area contributed by atoms with Crippen molar-refractivity contribution in [3.8, 4) is 5.75 Å². The molecule has 0 unspecified atom stereocenters. The second-order valence-electron chi connectivity index (χ2n) is 3.86. The lowest BCUT2D eigenvalue weighted by atomic mass is 9.95. The molecule has 1 N–H and O–H groups in total. The Morgan fingerprint density at radius 1 is 1.56 bits per heavy atom. The van der Waals surface area contributed by atoms with Crippen LogP contribution >= 0.6 is 11.6 Å². The van der Waals surface area contributed by atoms with Gasteiger partial charge in [-0.1, -0.05) is 11.6 Å². The first-order chi connectivity index (χ1) is 7.51. The van der Waals surface area contributed by atoms with Gasteiger partial charge in [0.15, 0.2) is 0 Å². The lowest BCUT2D eigenvalue weighted by molar-refractivity contribution is -0.140. The molecule has 0 spiro atoms. The van der Waals surface area contributed by atoms with Gasteiger partial charge < -0.3 is 9.84 Å². The predicted octanol–water partition coefficient (Wildman–Crippen LogP) is 2.60. The SMILES string of the molecule is COc1cc(F)c(Cl)c(C2(C(=O)O)CC2)c1. The highest BCUT2D eigenvalue weighted by molar-refractivity contribution is 6.32. The highest BCUT2D eigenvalue weighted by atomic mass is 35.5. The van der Waals surface area contributed by atoms with E-state index in [1.54, 1.807) is 0 Å². The summed E-state index contributed by atoms with van der Waals surface area (Å²) < 4.78 is 18.3. The number of carbonyl (C=O) groups is 1. The summed E-state index contributed by atoms with van der Waals surface area (Å²) in [4.78, 5) is 11.1. The maximum Gasteiger partial charge on any atom is 0.314 e. The molecule has 0 amide bonds. The third-order valence-corrected chi connectivity index (χ3v) is 3.30. The number of rotatable bonds is 3. The van der Waals surface area contributed by atoms with Gasteiger partial charge in [-0.15, -0.1) is 0 Å². The number of carboxylic acid groups (broad SMARTS) is 1. The molecule has 0 bridgehead atoms. The normalized spacial score (nSPS) is 16.9. The monoisotopic (exact) mass is 244 g/mol. The fourth-order valence-corrected chi connectivity index (χ4v) is 2.04. The summed E-state index contributed by atoms with van der Waals surface area (Å²) in [6.45, 7) is 0. The lowest BCUT2D eigenvalue weighted by Gasteiger charge is -2.14. The molecular weight excluding hydrogens is 235 g/mol. The Labute approximate surface area is 96.8 Å². The fraction of sp³-hybridized carbons (Fsp3) is 0.364. The summed E-state index contributed by atoms with van der Waals surface area (Å²) in [6, 6.07) is 2.64. The first kappa shape index (κ1) is 11.2. The van der Waals surface area contributed by atoms with Crippen LogP contribution in [-0.2, 0) is 10.2 Å². The zero-order chi connectivity index (χ0) is 11.9. The van der Waals surface area contributed by atoms with Crippen molar-refractivity contribution < 1.29 is 19.0 Å². The Balaban J connectivity index is 2.56. The number of benzene rings is 1. The van der Waals surface area contributed by atoms with Crippen molar-refractivity contribution in [1.29, 1.82) is 0 Å². The van der Waals surface area contributed by atoms with Crippen molar-refractivity contribution in [3.05, 3.63) is 28.5 Å². The molecule has 1 aliphatic rings. The number of ether oxygens (including phenoxy) is 1. The van der Waals surface area contributed by atoms with Gasteiger partial charge in [-0.2, -0.15) is 0 Å². The minimum Gasteiger partial charge on any atom is -0.497 e. The quantitative estimate of drug-likeness (QED) is 0.889. The maximum atomic E-state index is 13.4. The fourth-order valence-electron chi connectivity index (χ4n) is 1.75. The van der Waals surface area contributed by atoms with E-state index in [0.717, 1.165) is 6.07 Å². The van der Waals surface area contributed by atoms with Gasteiger partial charge in [-0.3, -0.25) is 4.79 Å². The van der Waals surface area contributed by atoms with Crippen LogP contribution in [0.25, 0.3) is 0 Å². The number of aliphatic carboxylic acids is 1. The minimum absolute atomic E-state index is 0.124. The number of carboxylic acids is 1. The largest absolute Gasteiger partial charge is 0.497 e. The van der Waals surface area contributed by atoms with Crippen molar-refractivity contribution in [2.45, 2.75) is 18.3 Å². The number of hydrogen-bond acceptors (Lipinski definition) is 2. The molecule has 86 valence electrons. The topological polar surface area (TPSA) is 46.5 Å². The molecule has 0 atom stereocenters. The lowest BCUT2D eigenvalue weighted by Crippen LogP contribution is -2.20. The van der Waals surface area contributed by atoms with Gasteiger partial charge in [-0.25, -0.2) is 4.39 Å². The van der Waals surface area contributed by atoms with Crippen LogP contribution in [0.1, 0.15) is 18.4 Å². The summed E-state index contributed by atoms with van der Waals surface area (Å²) in [5.74, 6) is -1.34. The molecule has 16 heavy (non-hydrogen) atoms. The van der Waals surface area contributed by atoms with Crippen molar-refractivity contribution >= 4 is 17.6 Å². The summed E-state index contributed by atoms with van der Waals surface area (Å²) >= 11 is 5.80. The average Bonchev–Trinajstić information content (AvgIpc) is 3.02. The average molecular weight is 245 g/mol. The maximum absolute atomic E-state index is 13.4. The third-order valence-electron chi connectivity index (χ3n) is 2.91. The van der Waals surface area contributed by atoms with Crippen LogP contribution in [0.3, 0.4) is 0 Å². The molecule has 0 aromatic heterocycles. The number of methoxy groups -OCH3 is 1. The van der Waals surface area contributed by atoms with E-state index in [1.807, 2.05) is 0 Å². The molecule has 0 saturated heterocycles. The zero-order valence-corrected chi connectivity index (χ0v) is 9.34. The van der Waals surface area contributed by atoms with E-state index in [9.17, 15) is 9.18 Å². The van der Waals surface area contributed by atoms with Crippen LogP contribution < -0.4 is 4.74 Å². The van der Waals surface area contributed by atoms with Crippen LogP contribution in [-0.4, -0.2) is 18.2 Å². The number of halogens is 2. The number of hydrogen-bond donors (Lipinski definition) is 1. The Morgan fingerprint density at radius 2 is 2.19 bits per heavy atom. The molecule has 5 heteroatoms. The van der Waals surface area contributed by atoms with Crippen LogP contribution in [0.5, 0.6) is 5.75 Å². The highest BCUT2D eigenvalue weighted by Crippen LogP contribution is 2.51. The molecule has 3 nitrogen and oxygen atoms in total. The van der Waals surface area contributed by atoms with Gasteiger partial charge in [-0.05, 0) is 24.5 Å². The summed E-state index contributed by atoms with van der Waals surface area (Å²) in [6.07, 6.45) is 0.962. The van der Waals surface area contributed by atoms with Crippen molar-refractivity contribution in [2.24, 2.45) is 0 Å². The minimum atomic E-state index is -1.02. The summed E-state index contributed by atoms with van der Waals surface area (Å²) in [5.41, 5.74) is -0.717. The van der Waals surface area contributed by atoms with E-state index in [-0.39, 0.29) is 10.8 Å².